The third kappa shape index (κ3) is 3.16. The molecule has 2 aromatic carbocycles. The van der Waals surface area contributed by atoms with Crippen LogP contribution in [0.15, 0.2) is 40.8 Å². The molecule has 0 N–H and O–H groups in total. The number of ether oxygens (including phenoxy) is 1. The second kappa shape index (κ2) is 6.63. The number of carbonyl (C=O) groups is 1. The molecule has 3 rings (SSSR count). The second-order valence-electron chi connectivity index (χ2n) is 4.88. The van der Waals surface area contributed by atoms with Gasteiger partial charge in [0.05, 0.1) is 15.5 Å². The number of nitro benzene ring substituents is 1. The number of carbonyl (C=O) groups excluding carboxylic acids is 1. The zero-order valence-electron chi connectivity index (χ0n) is 12.6. The summed E-state index contributed by atoms with van der Waals surface area (Å²) in [6, 6.07) is 9.07. The van der Waals surface area contributed by atoms with E-state index in [4.69, 9.17) is 27.2 Å². The van der Waals surface area contributed by atoms with Gasteiger partial charge in [-0.2, -0.15) is 0 Å². The fourth-order valence-electron chi connectivity index (χ4n) is 2.21. The van der Waals surface area contributed by atoms with E-state index < -0.39 is 10.9 Å². The van der Waals surface area contributed by atoms with Crippen LogP contribution in [0.5, 0.6) is 0 Å². The largest absolute Gasteiger partial charge is 0.449 e. The third-order valence-electron chi connectivity index (χ3n) is 3.30. The number of nitro groups is 1. The fraction of sp³-hybridized carbons (Fsp3) is 0.0588. The summed E-state index contributed by atoms with van der Waals surface area (Å²) in [5, 5.41) is 11.5. The van der Waals surface area contributed by atoms with Crippen molar-refractivity contribution in [1.82, 2.24) is 4.98 Å². The average Bonchev–Trinajstić information content (AvgIpc) is 3.02. The molecule has 3 aromatic rings. The average molecular weight is 357 g/mol. The summed E-state index contributed by atoms with van der Waals surface area (Å²) in [5.74, 6) is 1.44. The predicted molar refractivity (Wildman–Crippen MR) is 90.2 cm³/mol. The Hall–Kier alpha value is -3.37. The van der Waals surface area contributed by atoms with E-state index in [1.807, 2.05) is 0 Å². The third-order valence-corrected chi connectivity index (χ3v) is 3.63. The molecule has 1 heterocycles. The second-order valence-corrected chi connectivity index (χ2v) is 5.29. The number of terminal acetylenes is 1. The highest BCUT2D eigenvalue weighted by Crippen LogP contribution is 2.33. The molecule has 1 aromatic heterocycles. The maximum atomic E-state index is 12.2. The molecule has 0 aliphatic heterocycles. The van der Waals surface area contributed by atoms with Gasteiger partial charge in [-0.15, -0.1) is 6.42 Å². The van der Waals surface area contributed by atoms with Crippen LogP contribution in [0.3, 0.4) is 0 Å². The van der Waals surface area contributed by atoms with Crippen molar-refractivity contribution in [2.45, 2.75) is 0 Å². The summed E-state index contributed by atoms with van der Waals surface area (Å²) in [6.07, 6.45) is 5.06. The van der Waals surface area contributed by atoms with Crippen LogP contribution in [-0.2, 0) is 4.74 Å². The van der Waals surface area contributed by atoms with Gasteiger partial charge >= 0.3 is 5.97 Å². The molecule has 0 bridgehead atoms. The molecule has 0 spiro atoms. The topological polar surface area (TPSA) is 95.5 Å². The van der Waals surface area contributed by atoms with Gasteiger partial charge in [0.1, 0.15) is 11.1 Å². The molecule has 0 amide bonds. The molecule has 0 atom stereocenters. The summed E-state index contributed by atoms with van der Waals surface area (Å²) in [6.45, 7) is -0.269. The first-order valence-corrected chi connectivity index (χ1v) is 7.33. The van der Waals surface area contributed by atoms with Crippen molar-refractivity contribution in [2.75, 3.05) is 6.61 Å². The van der Waals surface area contributed by atoms with Crippen LogP contribution < -0.4 is 0 Å². The van der Waals surface area contributed by atoms with E-state index in [2.05, 4.69) is 10.9 Å². The number of benzene rings is 2. The van der Waals surface area contributed by atoms with Gasteiger partial charge in [0.2, 0.25) is 5.89 Å². The highest BCUT2D eigenvalue weighted by molar-refractivity contribution is 6.33. The van der Waals surface area contributed by atoms with Gasteiger partial charge in [-0.1, -0.05) is 29.7 Å². The first kappa shape index (κ1) is 16.5. The summed E-state index contributed by atoms with van der Waals surface area (Å²) in [5.41, 5.74) is 0.231. The van der Waals surface area contributed by atoms with Crippen LogP contribution >= 0.6 is 11.6 Å². The van der Waals surface area contributed by atoms with E-state index in [0.717, 1.165) is 6.07 Å². The Bertz CT molecular complexity index is 1040. The monoisotopic (exact) mass is 356 g/mol. The minimum atomic E-state index is -0.839. The van der Waals surface area contributed by atoms with Crippen LogP contribution in [0.2, 0.25) is 5.02 Å². The van der Waals surface area contributed by atoms with Gasteiger partial charge < -0.3 is 9.15 Å². The molecule has 25 heavy (non-hydrogen) atoms. The van der Waals surface area contributed by atoms with Crippen molar-refractivity contribution in [1.29, 1.82) is 0 Å². The molecule has 8 heteroatoms. The number of oxazole rings is 1. The number of non-ortho nitro benzene ring substituents is 1. The highest BCUT2D eigenvalue weighted by Gasteiger charge is 2.23. The molecular weight excluding hydrogens is 348 g/mol. The van der Waals surface area contributed by atoms with Crippen molar-refractivity contribution in [3.05, 3.63) is 57.1 Å². The normalized spacial score (nSPS) is 10.4. The Morgan fingerprint density at radius 2 is 2.16 bits per heavy atom. The van der Waals surface area contributed by atoms with E-state index in [1.165, 1.54) is 6.07 Å². The lowest BCUT2D eigenvalue weighted by Crippen LogP contribution is -2.06. The van der Waals surface area contributed by atoms with Crippen LogP contribution in [-0.4, -0.2) is 22.5 Å². The number of halogens is 1. The zero-order chi connectivity index (χ0) is 18.0. The van der Waals surface area contributed by atoms with E-state index >= 15 is 0 Å². The summed E-state index contributed by atoms with van der Waals surface area (Å²) in [7, 11) is 0. The van der Waals surface area contributed by atoms with Crippen LogP contribution in [0.4, 0.5) is 5.69 Å². The van der Waals surface area contributed by atoms with Crippen molar-refractivity contribution in [2.24, 2.45) is 0 Å². The molecule has 0 saturated heterocycles. The van der Waals surface area contributed by atoms with Crippen molar-refractivity contribution in [3.8, 4) is 23.8 Å². The molecule has 0 aliphatic rings. The fourth-order valence-corrected chi connectivity index (χ4v) is 2.43. The summed E-state index contributed by atoms with van der Waals surface area (Å²) in [4.78, 5) is 26.8. The van der Waals surface area contributed by atoms with Crippen molar-refractivity contribution in [3.63, 3.8) is 0 Å². The molecule has 0 radical (unpaired) electrons. The van der Waals surface area contributed by atoms with Gasteiger partial charge in [0, 0.05) is 12.1 Å². The quantitative estimate of drug-likeness (QED) is 0.305. The molecule has 0 fully saturated rings. The molecular formula is C17H9ClN2O5. The minimum absolute atomic E-state index is 0.0579. The summed E-state index contributed by atoms with van der Waals surface area (Å²) >= 11 is 6.12. The van der Waals surface area contributed by atoms with Gasteiger partial charge in [-0.05, 0) is 12.1 Å². The first-order valence-electron chi connectivity index (χ1n) is 6.95. The van der Waals surface area contributed by atoms with Crippen molar-refractivity contribution < 1.29 is 18.9 Å². The van der Waals surface area contributed by atoms with E-state index in [9.17, 15) is 14.9 Å². The Kier molecular flexibility index (Phi) is 4.37. The summed E-state index contributed by atoms with van der Waals surface area (Å²) < 4.78 is 10.5. The minimum Gasteiger partial charge on any atom is -0.449 e. The lowest BCUT2D eigenvalue weighted by molar-refractivity contribution is -0.384. The lowest BCUT2D eigenvalue weighted by atomic mass is 10.1. The zero-order valence-corrected chi connectivity index (χ0v) is 13.3. The Morgan fingerprint density at radius 1 is 1.40 bits per heavy atom. The SMILES string of the molecule is C#CCOC(=O)c1cc([N+](=O)[O-])cc2nc(-c3ccccc3Cl)oc12. The number of esters is 1. The number of aromatic nitrogens is 1. The Balaban J connectivity index is 2.20. The highest BCUT2D eigenvalue weighted by atomic mass is 35.5. The van der Waals surface area contributed by atoms with E-state index in [-0.39, 0.29) is 34.8 Å². The first-order chi connectivity index (χ1) is 12.0. The maximum absolute atomic E-state index is 12.2. The molecule has 0 unspecified atom stereocenters. The number of nitrogens with zero attached hydrogens (tertiary/aromatic N) is 2. The van der Waals surface area contributed by atoms with Crippen LogP contribution in [0.1, 0.15) is 10.4 Å². The van der Waals surface area contributed by atoms with Gasteiger partial charge in [0.15, 0.2) is 12.2 Å². The van der Waals surface area contributed by atoms with Gasteiger partial charge in [-0.25, -0.2) is 9.78 Å². The van der Waals surface area contributed by atoms with Crippen LogP contribution in [0, 0.1) is 22.5 Å². The van der Waals surface area contributed by atoms with E-state index in [0.29, 0.717) is 10.6 Å². The molecule has 124 valence electrons. The Labute approximate surface area is 146 Å². The standard InChI is InChI=1S/C17H9ClN2O5/c1-2-7-24-17(21)12-8-10(20(22)23)9-14-15(12)25-16(19-14)11-5-3-4-6-13(11)18/h1,3-6,8-9H,7H2. The smallest absolute Gasteiger partial charge is 0.343 e. The molecule has 0 saturated carbocycles. The molecule has 0 aliphatic carbocycles. The predicted octanol–water partition coefficient (Wildman–Crippen LogP) is 3.85. The lowest BCUT2D eigenvalue weighted by Gasteiger charge is -2.01. The number of hydrogen-bond donors (Lipinski definition) is 0. The molecule has 7 nitrogen and oxygen atoms in total. The van der Waals surface area contributed by atoms with Gasteiger partial charge in [-0.3, -0.25) is 10.1 Å². The van der Waals surface area contributed by atoms with E-state index in [1.54, 1.807) is 24.3 Å². The van der Waals surface area contributed by atoms with Crippen molar-refractivity contribution >= 4 is 34.4 Å². The number of hydrogen-bond acceptors (Lipinski definition) is 6. The number of fused-ring (bicyclic) bond motifs is 1. The number of rotatable bonds is 4. The van der Waals surface area contributed by atoms with Gasteiger partial charge in [0.25, 0.3) is 5.69 Å². The Morgan fingerprint density at radius 3 is 2.84 bits per heavy atom. The van der Waals surface area contributed by atoms with Crippen LogP contribution in [0.25, 0.3) is 22.6 Å². The maximum Gasteiger partial charge on any atom is 0.343 e.